The number of nitrogen functional groups attached to an aromatic ring is 1. The normalized spacial score (nSPS) is 18.6. The van der Waals surface area contributed by atoms with E-state index in [-0.39, 0.29) is 11.9 Å². The molecule has 2 heterocycles. The smallest absolute Gasteiger partial charge is 0.313 e. The molecule has 158 valence electrons. The third kappa shape index (κ3) is 4.94. The van der Waals surface area contributed by atoms with E-state index in [9.17, 15) is 14.4 Å². The molecule has 1 aliphatic heterocycles. The van der Waals surface area contributed by atoms with Crippen molar-refractivity contribution >= 4 is 34.9 Å². The predicted molar refractivity (Wildman–Crippen MR) is 116 cm³/mol. The summed E-state index contributed by atoms with van der Waals surface area (Å²) in [6, 6.07) is 8.87. The van der Waals surface area contributed by atoms with Crippen molar-refractivity contribution in [2.45, 2.75) is 39.7 Å². The minimum absolute atomic E-state index is 0.143. The van der Waals surface area contributed by atoms with E-state index in [1.165, 1.54) is 13.1 Å². The standard InChI is InChI=1S/C22H27N5O3/c1-13-4-9-19(16-5-7-17(8-6-16)25-15(3)28)27(12-13)22(30)21(29)26-18-10-14(2)20(23)24-11-18/h5-8,10-11,13,19H,4,9,12H2,1-3H3,(H2,23,24)(H,25,28)(H,26,29)/t13-,19+/m0/s1. The van der Waals surface area contributed by atoms with Crippen LogP contribution in [0, 0.1) is 12.8 Å². The van der Waals surface area contributed by atoms with Crippen molar-refractivity contribution in [2.75, 3.05) is 22.9 Å². The second-order valence-electron chi connectivity index (χ2n) is 7.84. The summed E-state index contributed by atoms with van der Waals surface area (Å²) in [6.45, 7) is 5.81. The van der Waals surface area contributed by atoms with Crippen LogP contribution in [-0.4, -0.2) is 34.2 Å². The highest BCUT2D eigenvalue weighted by atomic mass is 16.2. The molecule has 3 amide bonds. The van der Waals surface area contributed by atoms with Crippen molar-refractivity contribution < 1.29 is 14.4 Å². The summed E-state index contributed by atoms with van der Waals surface area (Å²) in [4.78, 5) is 42.5. The Bertz CT molecular complexity index is 958. The van der Waals surface area contributed by atoms with Crippen LogP contribution in [0.25, 0.3) is 0 Å². The molecule has 1 aliphatic rings. The van der Waals surface area contributed by atoms with Gasteiger partial charge in [0.2, 0.25) is 5.91 Å². The summed E-state index contributed by atoms with van der Waals surface area (Å²) in [7, 11) is 0. The number of aryl methyl sites for hydroxylation is 1. The van der Waals surface area contributed by atoms with Crippen LogP contribution in [0.3, 0.4) is 0 Å². The highest BCUT2D eigenvalue weighted by Crippen LogP contribution is 2.34. The van der Waals surface area contributed by atoms with E-state index in [1.54, 1.807) is 30.0 Å². The largest absolute Gasteiger partial charge is 0.383 e. The molecule has 1 saturated heterocycles. The Labute approximate surface area is 175 Å². The first-order chi connectivity index (χ1) is 14.2. The number of anilines is 3. The summed E-state index contributed by atoms with van der Waals surface area (Å²) >= 11 is 0. The molecule has 1 aromatic carbocycles. The average Bonchev–Trinajstić information content (AvgIpc) is 2.70. The van der Waals surface area contributed by atoms with Gasteiger partial charge in [0.1, 0.15) is 5.82 Å². The van der Waals surface area contributed by atoms with Crippen molar-refractivity contribution in [2.24, 2.45) is 5.92 Å². The van der Waals surface area contributed by atoms with E-state index < -0.39 is 11.8 Å². The molecule has 0 spiro atoms. The third-order valence-electron chi connectivity index (χ3n) is 5.27. The van der Waals surface area contributed by atoms with Crippen LogP contribution in [0.2, 0.25) is 0 Å². The molecule has 0 saturated carbocycles. The van der Waals surface area contributed by atoms with E-state index in [2.05, 4.69) is 22.5 Å². The number of nitrogens with zero attached hydrogens (tertiary/aromatic N) is 2. The second kappa shape index (κ2) is 8.94. The highest BCUT2D eigenvalue weighted by Gasteiger charge is 2.34. The molecule has 2 aromatic rings. The lowest BCUT2D eigenvalue weighted by Gasteiger charge is -2.38. The Morgan fingerprint density at radius 1 is 1.10 bits per heavy atom. The zero-order valence-electron chi connectivity index (χ0n) is 17.4. The van der Waals surface area contributed by atoms with E-state index in [0.717, 1.165) is 24.0 Å². The number of amides is 3. The van der Waals surface area contributed by atoms with Gasteiger partial charge in [0.05, 0.1) is 17.9 Å². The molecular weight excluding hydrogens is 382 g/mol. The molecule has 0 radical (unpaired) electrons. The molecular formula is C22H27N5O3. The maximum Gasteiger partial charge on any atom is 0.313 e. The molecule has 4 N–H and O–H groups in total. The Balaban J connectivity index is 1.77. The van der Waals surface area contributed by atoms with Gasteiger partial charge in [-0.15, -0.1) is 0 Å². The monoisotopic (exact) mass is 409 g/mol. The van der Waals surface area contributed by atoms with Gasteiger partial charge in [0, 0.05) is 19.2 Å². The maximum atomic E-state index is 13.0. The van der Waals surface area contributed by atoms with Gasteiger partial charge in [-0.1, -0.05) is 19.1 Å². The Morgan fingerprint density at radius 2 is 1.80 bits per heavy atom. The molecule has 30 heavy (non-hydrogen) atoms. The number of aromatic nitrogens is 1. The molecule has 2 atom stereocenters. The first kappa shape index (κ1) is 21.3. The quantitative estimate of drug-likeness (QED) is 0.674. The van der Waals surface area contributed by atoms with Crippen LogP contribution in [-0.2, 0) is 14.4 Å². The number of benzene rings is 1. The minimum atomic E-state index is -0.699. The van der Waals surface area contributed by atoms with Gasteiger partial charge < -0.3 is 21.3 Å². The SMILES string of the molecule is CC(=O)Nc1ccc([C@H]2CC[C@H](C)CN2C(=O)C(=O)Nc2cnc(N)c(C)c2)cc1. The fourth-order valence-electron chi connectivity index (χ4n) is 3.68. The van der Waals surface area contributed by atoms with Crippen molar-refractivity contribution in [1.82, 2.24) is 9.88 Å². The van der Waals surface area contributed by atoms with Crippen LogP contribution in [0.15, 0.2) is 36.5 Å². The fraction of sp³-hybridized carbons (Fsp3) is 0.364. The lowest BCUT2D eigenvalue weighted by atomic mass is 9.89. The number of hydrogen-bond donors (Lipinski definition) is 3. The van der Waals surface area contributed by atoms with Gasteiger partial charge in [-0.05, 0) is 55.0 Å². The first-order valence-electron chi connectivity index (χ1n) is 9.96. The number of pyridine rings is 1. The van der Waals surface area contributed by atoms with Crippen molar-refractivity contribution in [3.05, 3.63) is 47.7 Å². The van der Waals surface area contributed by atoms with Gasteiger partial charge in [0.25, 0.3) is 0 Å². The summed E-state index contributed by atoms with van der Waals surface area (Å²) < 4.78 is 0. The lowest BCUT2D eigenvalue weighted by Crippen LogP contribution is -2.46. The van der Waals surface area contributed by atoms with Gasteiger partial charge >= 0.3 is 11.8 Å². The number of piperidine rings is 1. The van der Waals surface area contributed by atoms with E-state index >= 15 is 0 Å². The zero-order valence-corrected chi connectivity index (χ0v) is 17.4. The molecule has 0 unspecified atom stereocenters. The third-order valence-corrected chi connectivity index (χ3v) is 5.27. The van der Waals surface area contributed by atoms with Gasteiger partial charge in [-0.3, -0.25) is 14.4 Å². The van der Waals surface area contributed by atoms with Crippen LogP contribution < -0.4 is 16.4 Å². The summed E-state index contributed by atoms with van der Waals surface area (Å²) in [6.07, 6.45) is 3.16. The Morgan fingerprint density at radius 3 is 2.43 bits per heavy atom. The zero-order chi connectivity index (χ0) is 21.8. The lowest BCUT2D eigenvalue weighted by molar-refractivity contribution is -0.146. The molecule has 0 bridgehead atoms. The minimum Gasteiger partial charge on any atom is -0.383 e. The van der Waals surface area contributed by atoms with Gasteiger partial charge in [0.15, 0.2) is 0 Å². The topological polar surface area (TPSA) is 117 Å². The van der Waals surface area contributed by atoms with Gasteiger partial charge in [-0.2, -0.15) is 0 Å². The van der Waals surface area contributed by atoms with E-state index in [1.807, 2.05) is 12.1 Å². The fourth-order valence-corrected chi connectivity index (χ4v) is 3.68. The van der Waals surface area contributed by atoms with Crippen molar-refractivity contribution in [3.63, 3.8) is 0 Å². The molecule has 3 rings (SSSR count). The number of nitrogens with two attached hydrogens (primary N) is 1. The summed E-state index contributed by atoms with van der Waals surface area (Å²) in [5.41, 5.74) is 8.49. The summed E-state index contributed by atoms with van der Waals surface area (Å²) in [5, 5.41) is 5.36. The van der Waals surface area contributed by atoms with E-state index in [0.29, 0.717) is 29.7 Å². The van der Waals surface area contributed by atoms with Crippen molar-refractivity contribution in [3.8, 4) is 0 Å². The average molecular weight is 409 g/mol. The highest BCUT2D eigenvalue weighted by molar-refractivity contribution is 6.39. The number of nitrogens with one attached hydrogen (secondary N) is 2. The van der Waals surface area contributed by atoms with Crippen molar-refractivity contribution in [1.29, 1.82) is 0 Å². The molecule has 0 aliphatic carbocycles. The number of likely N-dealkylation sites (tertiary alicyclic amines) is 1. The first-order valence-corrected chi connectivity index (χ1v) is 9.96. The Kier molecular flexibility index (Phi) is 6.34. The van der Waals surface area contributed by atoms with Crippen LogP contribution in [0.5, 0.6) is 0 Å². The van der Waals surface area contributed by atoms with Crippen LogP contribution >= 0.6 is 0 Å². The number of hydrogen-bond acceptors (Lipinski definition) is 5. The van der Waals surface area contributed by atoms with E-state index in [4.69, 9.17) is 5.73 Å². The number of carbonyl (C=O) groups is 3. The molecule has 8 heteroatoms. The predicted octanol–water partition coefficient (Wildman–Crippen LogP) is 2.87. The molecule has 1 fully saturated rings. The van der Waals surface area contributed by atoms with Crippen LogP contribution in [0.1, 0.15) is 43.9 Å². The maximum absolute atomic E-state index is 13.0. The number of carbonyl (C=O) groups excluding carboxylic acids is 3. The van der Waals surface area contributed by atoms with Gasteiger partial charge in [-0.25, -0.2) is 4.98 Å². The Hall–Kier alpha value is -3.42. The summed E-state index contributed by atoms with van der Waals surface area (Å²) in [5.74, 6) is -0.735. The number of rotatable bonds is 3. The van der Waals surface area contributed by atoms with Crippen LogP contribution in [0.4, 0.5) is 17.2 Å². The molecule has 1 aromatic heterocycles. The second-order valence-corrected chi connectivity index (χ2v) is 7.84. The molecule has 8 nitrogen and oxygen atoms in total.